The Morgan fingerprint density at radius 1 is 0.615 bits per heavy atom. The second-order valence-corrected chi connectivity index (χ2v) is 9.08. The number of hydrogen-bond donors (Lipinski definition) is 2. The van der Waals surface area contributed by atoms with Crippen molar-refractivity contribution < 1.29 is 41.5 Å². The zero-order valence-corrected chi connectivity index (χ0v) is 24.1. The van der Waals surface area contributed by atoms with Gasteiger partial charge in [0.1, 0.15) is 0 Å². The fourth-order valence-corrected chi connectivity index (χ4v) is 4.42. The Balaban J connectivity index is 0.000000194. The van der Waals surface area contributed by atoms with Gasteiger partial charge < -0.3 is 10.2 Å². The minimum absolute atomic E-state index is 0. The quantitative estimate of drug-likeness (QED) is 0.172. The predicted octanol–water partition coefficient (Wildman–Crippen LogP) is 7.86. The Morgan fingerprint density at radius 2 is 0.974 bits per heavy atom. The van der Waals surface area contributed by atoms with Gasteiger partial charge >= 0.3 is 33.7 Å². The van der Waals surface area contributed by atoms with Crippen LogP contribution >= 0.6 is 0 Å². The van der Waals surface area contributed by atoms with Gasteiger partial charge in [0.25, 0.3) is 0 Å². The van der Waals surface area contributed by atoms with Gasteiger partial charge in [0, 0.05) is 12.8 Å². The summed E-state index contributed by atoms with van der Waals surface area (Å²) in [6.07, 6.45) is 4.14. The van der Waals surface area contributed by atoms with Gasteiger partial charge in [-0.15, -0.1) is 11.1 Å². The van der Waals surface area contributed by atoms with Crippen LogP contribution in [0.25, 0.3) is 22.3 Å². The summed E-state index contributed by atoms with van der Waals surface area (Å²) >= 11 is 0. The van der Waals surface area contributed by atoms with Gasteiger partial charge in [0.05, 0.1) is 0 Å². The molecule has 2 aliphatic carbocycles. The molecule has 39 heavy (non-hydrogen) atoms. The van der Waals surface area contributed by atoms with Crippen LogP contribution in [0.1, 0.15) is 61.8 Å². The van der Waals surface area contributed by atoms with Crippen molar-refractivity contribution in [3.63, 3.8) is 0 Å². The standard InChI is InChI=1S/2C13H9.2C4H8O2.Ti/c2*1-3-7-12-10(5-1)9-11-6-2-4-8-13(11)12;2*1-2-3-4(5)6;/h2*1-5,7-8H,9H2;2*2-3H2,1H3,(H,5,6);/q2*-1;;;+2. The zero-order chi connectivity index (χ0) is 27.3. The first-order chi connectivity index (χ1) is 18.4. The van der Waals surface area contributed by atoms with Gasteiger partial charge in [-0.25, -0.2) is 0 Å². The Labute approximate surface area is 246 Å². The topological polar surface area (TPSA) is 74.6 Å². The third kappa shape index (κ3) is 9.35. The van der Waals surface area contributed by atoms with Crippen LogP contribution in [0.4, 0.5) is 0 Å². The van der Waals surface area contributed by atoms with Crippen molar-refractivity contribution in [2.45, 2.75) is 52.4 Å². The Kier molecular flexibility index (Phi) is 13.4. The van der Waals surface area contributed by atoms with Crippen molar-refractivity contribution in [2.75, 3.05) is 0 Å². The summed E-state index contributed by atoms with van der Waals surface area (Å²) in [7, 11) is 0. The smallest absolute Gasteiger partial charge is 0.481 e. The maximum atomic E-state index is 9.60. The first-order valence-electron chi connectivity index (χ1n) is 13.0. The molecule has 0 saturated carbocycles. The molecule has 0 bridgehead atoms. The van der Waals surface area contributed by atoms with E-state index in [1.165, 1.54) is 44.5 Å². The van der Waals surface area contributed by atoms with E-state index in [-0.39, 0.29) is 21.7 Å². The molecular formula is C34H34O4Ti. The van der Waals surface area contributed by atoms with Crippen LogP contribution in [-0.4, -0.2) is 22.2 Å². The van der Waals surface area contributed by atoms with Crippen molar-refractivity contribution in [2.24, 2.45) is 0 Å². The summed E-state index contributed by atoms with van der Waals surface area (Å²) in [5.74, 6) is -1.42. The summed E-state index contributed by atoms with van der Waals surface area (Å²) in [4.78, 5) is 19.2. The largest absolute Gasteiger partial charge is 2.00 e. The Bertz CT molecular complexity index is 1170. The molecule has 4 aromatic rings. The molecule has 2 N–H and O–H groups in total. The molecule has 0 amide bonds. The van der Waals surface area contributed by atoms with Crippen LogP contribution in [-0.2, 0) is 44.1 Å². The molecule has 198 valence electrons. The normalized spacial score (nSPS) is 10.7. The third-order valence-electron chi connectivity index (χ3n) is 6.16. The van der Waals surface area contributed by atoms with Crippen LogP contribution in [0.5, 0.6) is 0 Å². The van der Waals surface area contributed by atoms with Crippen LogP contribution in [0, 0.1) is 12.1 Å². The van der Waals surface area contributed by atoms with Gasteiger partial charge in [-0.3, -0.25) is 9.59 Å². The number of fused-ring (bicyclic) bond motifs is 6. The maximum Gasteiger partial charge on any atom is 2.00 e. The minimum atomic E-state index is -0.711. The molecule has 0 fully saturated rings. The van der Waals surface area contributed by atoms with E-state index in [2.05, 4.69) is 84.9 Å². The summed E-state index contributed by atoms with van der Waals surface area (Å²) in [5, 5.41) is 15.8. The average Bonchev–Trinajstić information content (AvgIpc) is 3.48. The molecule has 6 rings (SSSR count). The maximum absolute atomic E-state index is 9.60. The number of rotatable bonds is 4. The second-order valence-electron chi connectivity index (χ2n) is 9.08. The van der Waals surface area contributed by atoms with E-state index >= 15 is 0 Å². The van der Waals surface area contributed by atoms with E-state index in [0.29, 0.717) is 12.8 Å². The number of carbonyl (C=O) groups is 2. The molecule has 4 aromatic carbocycles. The van der Waals surface area contributed by atoms with Crippen LogP contribution in [0.15, 0.2) is 84.9 Å². The van der Waals surface area contributed by atoms with Crippen molar-refractivity contribution in [3.05, 3.63) is 119 Å². The van der Waals surface area contributed by atoms with Gasteiger partial charge in [0.2, 0.25) is 0 Å². The van der Waals surface area contributed by atoms with Crippen molar-refractivity contribution in [3.8, 4) is 22.3 Å². The SMILES string of the molecule is CCCC(=O)O.CCCC(=O)O.[Ti+2].[c-]1cccc2c1Cc1ccccc1-2.[c-]1cccc2c1Cc1ccccc1-2. The van der Waals surface area contributed by atoms with Gasteiger partial charge in [0.15, 0.2) is 0 Å². The molecule has 5 heteroatoms. The number of hydrogen-bond acceptors (Lipinski definition) is 2. The first-order valence-corrected chi connectivity index (χ1v) is 13.0. The number of carboxylic acid groups (broad SMARTS) is 2. The van der Waals surface area contributed by atoms with Crippen molar-refractivity contribution >= 4 is 11.9 Å². The number of benzene rings is 4. The summed E-state index contributed by atoms with van der Waals surface area (Å²) in [6.45, 7) is 3.68. The molecule has 0 radical (unpaired) electrons. The van der Waals surface area contributed by atoms with E-state index in [1.54, 1.807) is 0 Å². The molecule has 2 aliphatic rings. The summed E-state index contributed by atoms with van der Waals surface area (Å²) in [5.41, 5.74) is 11.0. The molecular weight excluding hydrogens is 520 g/mol. The van der Waals surface area contributed by atoms with Gasteiger partial charge in [-0.05, 0) is 25.7 Å². The van der Waals surface area contributed by atoms with Gasteiger partial charge in [-0.2, -0.15) is 59.7 Å². The van der Waals surface area contributed by atoms with Crippen LogP contribution in [0.2, 0.25) is 0 Å². The molecule has 0 spiro atoms. The van der Waals surface area contributed by atoms with Crippen molar-refractivity contribution in [1.29, 1.82) is 0 Å². The first kappa shape index (κ1) is 31.8. The summed E-state index contributed by atoms with van der Waals surface area (Å²) in [6, 6.07) is 36.2. The van der Waals surface area contributed by atoms with E-state index in [0.717, 1.165) is 25.7 Å². The van der Waals surface area contributed by atoms with Crippen LogP contribution < -0.4 is 0 Å². The van der Waals surface area contributed by atoms with E-state index in [4.69, 9.17) is 10.2 Å². The minimum Gasteiger partial charge on any atom is -0.481 e. The molecule has 0 aliphatic heterocycles. The molecule has 0 atom stereocenters. The van der Waals surface area contributed by atoms with Crippen LogP contribution in [0.3, 0.4) is 0 Å². The van der Waals surface area contributed by atoms with E-state index in [1.807, 2.05) is 26.0 Å². The number of aliphatic carboxylic acids is 2. The van der Waals surface area contributed by atoms with Crippen molar-refractivity contribution in [1.82, 2.24) is 0 Å². The van der Waals surface area contributed by atoms with E-state index in [9.17, 15) is 9.59 Å². The molecule has 0 saturated heterocycles. The monoisotopic (exact) mass is 554 g/mol. The fraction of sp³-hybridized carbons (Fsp3) is 0.235. The molecule has 0 aromatic heterocycles. The number of carboxylic acids is 2. The molecule has 4 nitrogen and oxygen atoms in total. The zero-order valence-electron chi connectivity index (χ0n) is 22.5. The average molecular weight is 555 g/mol. The van der Waals surface area contributed by atoms with Gasteiger partial charge in [-0.1, -0.05) is 84.6 Å². The fourth-order valence-electron chi connectivity index (χ4n) is 4.42. The third-order valence-corrected chi connectivity index (χ3v) is 6.16. The Morgan fingerprint density at radius 3 is 1.31 bits per heavy atom. The summed E-state index contributed by atoms with van der Waals surface area (Å²) < 4.78 is 0. The molecule has 0 heterocycles. The molecule has 0 unspecified atom stereocenters. The predicted molar refractivity (Wildman–Crippen MR) is 152 cm³/mol. The second kappa shape index (κ2) is 16.5. The Hall–Kier alpha value is -3.47. The van der Waals surface area contributed by atoms with E-state index < -0.39 is 11.9 Å².